The topological polar surface area (TPSA) is 78.1 Å². The van der Waals surface area contributed by atoms with Crippen molar-refractivity contribution in [3.8, 4) is 0 Å². The molecule has 2 heterocycles. The van der Waals surface area contributed by atoms with Gasteiger partial charge in [0.1, 0.15) is 10.7 Å². The highest BCUT2D eigenvalue weighted by atomic mass is 32.1. The maximum absolute atomic E-state index is 12.4. The Labute approximate surface area is 133 Å². The molecule has 0 atom stereocenters. The van der Waals surface area contributed by atoms with E-state index >= 15 is 0 Å². The van der Waals surface area contributed by atoms with E-state index in [4.69, 9.17) is 0 Å². The highest BCUT2D eigenvalue weighted by molar-refractivity contribution is 7.20. The molecule has 0 saturated carbocycles. The van der Waals surface area contributed by atoms with Crippen molar-refractivity contribution < 1.29 is 4.79 Å². The molecule has 0 bridgehead atoms. The zero-order chi connectivity index (χ0) is 16.7. The minimum atomic E-state index is -0.324. The Kier molecular flexibility index (Phi) is 4.39. The van der Waals surface area contributed by atoms with E-state index in [1.54, 1.807) is 6.92 Å². The molecule has 2 N–H and O–H groups in total. The highest BCUT2D eigenvalue weighted by Crippen LogP contribution is 2.27. The summed E-state index contributed by atoms with van der Waals surface area (Å²) in [7, 11) is 3.82. The Morgan fingerprint density at radius 3 is 2.55 bits per heavy atom. The lowest BCUT2D eigenvalue weighted by molar-refractivity contribution is 0.0923. The smallest absolute Gasteiger partial charge is 0.262 e. The molecule has 6 nitrogen and oxygen atoms in total. The first-order valence-electron chi connectivity index (χ1n) is 7.08. The summed E-state index contributed by atoms with van der Waals surface area (Å²) in [5.41, 5.74) is 0.174. The van der Waals surface area contributed by atoms with Crippen LogP contribution in [0.4, 0.5) is 0 Å². The van der Waals surface area contributed by atoms with E-state index in [0.717, 1.165) is 0 Å². The highest BCUT2D eigenvalue weighted by Gasteiger charge is 2.22. The van der Waals surface area contributed by atoms with Gasteiger partial charge in [-0.1, -0.05) is 0 Å². The summed E-state index contributed by atoms with van der Waals surface area (Å²) >= 11 is 1.27. The summed E-state index contributed by atoms with van der Waals surface area (Å²) in [6, 6.07) is 0. The van der Waals surface area contributed by atoms with Crippen LogP contribution in [-0.4, -0.2) is 40.4 Å². The molecule has 0 unspecified atom stereocenters. The molecule has 0 spiro atoms. The molecule has 1 amide bonds. The van der Waals surface area contributed by atoms with Crippen molar-refractivity contribution in [2.45, 2.75) is 39.8 Å². The van der Waals surface area contributed by atoms with Gasteiger partial charge in [-0.25, -0.2) is 4.98 Å². The van der Waals surface area contributed by atoms with Crippen LogP contribution in [0, 0.1) is 6.92 Å². The summed E-state index contributed by atoms with van der Waals surface area (Å²) < 4.78 is 0. The van der Waals surface area contributed by atoms with Gasteiger partial charge >= 0.3 is 0 Å². The number of carbonyl (C=O) groups is 1. The monoisotopic (exact) mass is 322 g/mol. The summed E-state index contributed by atoms with van der Waals surface area (Å²) in [4.78, 5) is 35.0. The number of aromatic amines is 1. The number of thiophene rings is 1. The fourth-order valence-corrected chi connectivity index (χ4v) is 3.27. The van der Waals surface area contributed by atoms with Gasteiger partial charge in [-0.3, -0.25) is 9.59 Å². The minimum absolute atomic E-state index is 0.165. The molecule has 0 aliphatic heterocycles. The number of aromatic nitrogens is 2. The molecule has 2 aromatic rings. The molecule has 0 aromatic carbocycles. The van der Waals surface area contributed by atoms with E-state index in [9.17, 15) is 9.59 Å². The van der Waals surface area contributed by atoms with Crippen LogP contribution in [0.5, 0.6) is 0 Å². The fraction of sp³-hybridized carbons (Fsp3) is 0.533. The quantitative estimate of drug-likeness (QED) is 0.904. The van der Waals surface area contributed by atoms with Gasteiger partial charge in [0.15, 0.2) is 0 Å². The Morgan fingerprint density at radius 1 is 1.36 bits per heavy atom. The van der Waals surface area contributed by atoms with E-state index in [-0.39, 0.29) is 17.0 Å². The number of amides is 1. The van der Waals surface area contributed by atoms with Crippen LogP contribution < -0.4 is 10.9 Å². The Hall–Kier alpha value is -1.73. The number of nitrogens with zero attached hydrogens (tertiary/aromatic N) is 2. The van der Waals surface area contributed by atoms with Crippen LogP contribution in [0.15, 0.2) is 4.79 Å². The van der Waals surface area contributed by atoms with Gasteiger partial charge in [-0.15, -0.1) is 11.3 Å². The number of nitrogens with one attached hydrogen (secondary N) is 2. The maximum Gasteiger partial charge on any atom is 0.262 e. The lowest BCUT2D eigenvalue weighted by atomic mass is 10.1. The van der Waals surface area contributed by atoms with Gasteiger partial charge < -0.3 is 15.2 Å². The van der Waals surface area contributed by atoms with E-state index in [1.165, 1.54) is 11.3 Å². The molecule has 120 valence electrons. The molecular weight excluding hydrogens is 300 g/mol. The van der Waals surface area contributed by atoms with E-state index in [0.29, 0.717) is 33.0 Å². The molecule has 0 radical (unpaired) electrons. The van der Waals surface area contributed by atoms with Gasteiger partial charge in [0.05, 0.1) is 16.8 Å². The Bertz CT molecular complexity index is 768. The third kappa shape index (κ3) is 3.53. The summed E-state index contributed by atoms with van der Waals surface area (Å²) in [6.45, 7) is 8.11. The number of rotatable bonds is 3. The molecular formula is C15H22N4O2S. The molecule has 0 aliphatic carbocycles. The predicted octanol–water partition coefficient (Wildman–Crippen LogP) is 1.88. The molecule has 0 aliphatic rings. The molecule has 2 aromatic heterocycles. The van der Waals surface area contributed by atoms with Crippen LogP contribution >= 0.6 is 11.3 Å². The van der Waals surface area contributed by atoms with E-state index < -0.39 is 0 Å². The largest absolute Gasteiger partial charge is 0.347 e. The summed E-state index contributed by atoms with van der Waals surface area (Å²) in [6.07, 6.45) is 0. The Balaban J connectivity index is 2.51. The van der Waals surface area contributed by atoms with Crippen molar-refractivity contribution in [1.29, 1.82) is 0 Å². The normalized spacial score (nSPS) is 12.1. The standard InChI is InChI=1S/C15H22N4O2S/c1-8-10-12(20)16-9(7-19(5)6)17-14(10)22-11(8)13(21)18-15(2,3)4/h7H2,1-6H3,(H,18,21)(H,16,17,20). The molecule has 2 rings (SSSR count). The van der Waals surface area contributed by atoms with Crippen LogP contribution in [0.2, 0.25) is 0 Å². The molecule has 0 fully saturated rings. The maximum atomic E-state index is 12.4. The Morgan fingerprint density at radius 2 is 2.00 bits per heavy atom. The lowest BCUT2D eigenvalue weighted by Crippen LogP contribution is -2.40. The zero-order valence-corrected chi connectivity index (χ0v) is 14.6. The van der Waals surface area contributed by atoms with Crippen molar-refractivity contribution in [3.05, 3.63) is 26.6 Å². The summed E-state index contributed by atoms with van der Waals surface area (Å²) in [5, 5.41) is 3.43. The number of aryl methyl sites for hydroxylation is 1. The van der Waals surface area contributed by atoms with Crippen LogP contribution in [0.25, 0.3) is 10.2 Å². The number of hydrogen-bond acceptors (Lipinski definition) is 5. The van der Waals surface area contributed by atoms with Crippen molar-refractivity contribution in [3.63, 3.8) is 0 Å². The van der Waals surface area contributed by atoms with Gasteiger partial charge in [0.2, 0.25) is 0 Å². The number of H-pyrrole nitrogens is 1. The first-order chi connectivity index (χ1) is 10.1. The average Bonchev–Trinajstić information content (AvgIpc) is 2.63. The molecule has 0 saturated heterocycles. The van der Waals surface area contributed by atoms with Crippen molar-refractivity contribution >= 4 is 27.5 Å². The van der Waals surface area contributed by atoms with Crippen molar-refractivity contribution in [1.82, 2.24) is 20.2 Å². The number of hydrogen-bond donors (Lipinski definition) is 2. The van der Waals surface area contributed by atoms with Crippen molar-refractivity contribution in [2.75, 3.05) is 14.1 Å². The zero-order valence-electron chi connectivity index (χ0n) is 13.8. The van der Waals surface area contributed by atoms with Crippen LogP contribution in [0.1, 0.15) is 41.8 Å². The van der Waals surface area contributed by atoms with Crippen LogP contribution in [0.3, 0.4) is 0 Å². The van der Waals surface area contributed by atoms with Gasteiger partial charge in [-0.2, -0.15) is 0 Å². The fourth-order valence-electron chi connectivity index (χ4n) is 2.18. The third-order valence-corrected chi connectivity index (χ3v) is 4.19. The minimum Gasteiger partial charge on any atom is -0.347 e. The predicted molar refractivity (Wildman–Crippen MR) is 89.6 cm³/mol. The summed E-state index contributed by atoms with van der Waals surface area (Å²) in [5.74, 6) is 0.438. The SMILES string of the molecule is Cc1c(C(=O)NC(C)(C)C)sc2nc(CN(C)C)[nH]c(=O)c12. The average molecular weight is 322 g/mol. The second-order valence-electron chi connectivity index (χ2n) is 6.69. The van der Waals surface area contributed by atoms with Crippen LogP contribution in [-0.2, 0) is 6.54 Å². The second kappa shape index (κ2) is 5.81. The van der Waals surface area contributed by atoms with Crippen molar-refractivity contribution in [2.24, 2.45) is 0 Å². The first-order valence-corrected chi connectivity index (χ1v) is 7.89. The molecule has 7 heteroatoms. The third-order valence-electron chi connectivity index (χ3n) is 3.01. The van der Waals surface area contributed by atoms with E-state index in [1.807, 2.05) is 39.8 Å². The van der Waals surface area contributed by atoms with Gasteiger partial charge in [0, 0.05) is 5.54 Å². The van der Waals surface area contributed by atoms with Gasteiger partial charge in [-0.05, 0) is 47.4 Å². The number of fused-ring (bicyclic) bond motifs is 1. The molecule has 22 heavy (non-hydrogen) atoms. The lowest BCUT2D eigenvalue weighted by Gasteiger charge is -2.20. The number of carbonyl (C=O) groups excluding carboxylic acids is 1. The van der Waals surface area contributed by atoms with E-state index in [2.05, 4.69) is 15.3 Å². The van der Waals surface area contributed by atoms with Gasteiger partial charge in [0.25, 0.3) is 11.5 Å². The second-order valence-corrected chi connectivity index (χ2v) is 7.69. The first kappa shape index (κ1) is 16.6.